The Hall–Kier alpha value is -1.66. The van der Waals surface area contributed by atoms with Crippen molar-refractivity contribution in [2.45, 2.75) is 25.4 Å². The minimum absolute atomic E-state index is 0.355. The molecule has 2 unspecified atom stereocenters. The van der Waals surface area contributed by atoms with Crippen LogP contribution in [0.2, 0.25) is 0 Å². The van der Waals surface area contributed by atoms with Crippen LogP contribution in [0.5, 0.6) is 0 Å². The summed E-state index contributed by atoms with van der Waals surface area (Å²) in [7, 11) is 0. The minimum Gasteiger partial charge on any atom is -0.368 e. The molecule has 0 spiro atoms. The van der Waals surface area contributed by atoms with Crippen molar-refractivity contribution < 1.29 is 9.72 Å². The molecule has 13 heavy (non-hydrogen) atoms. The molecule has 1 heterocycles. The van der Waals surface area contributed by atoms with E-state index in [0.717, 1.165) is 0 Å². The first-order chi connectivity index (χ1) is 6.07. The van der Waals surface area contributed by atoms with Gasteiger partial charge in [-0.15, -0.1) is 0 Å². The topological polar surface area (TPSA) is 111 Å². The summed E-state index contributed by atoms with van der Waals surface area (Å²) in [6.45, 7) is 1.74. The fourth-order valence-corrected chi connectivity index (χ4v) is 1.23. The third-order valence-corrected chi connectivity index (χ3v) is 1.90. The van der Waals surface area contributed by atoms with Gasteiger partial charge in [0.1, 0.15) is 5.71 Å². The minimum atomic E-state index is -1.11. The molecular formula is C6H10N4O3. The lowest BCUT2D eigenvalue weighted by atomic mass is 10.0. The van der Waals surface area contributed by atoms with Crippen LogP contribution in [0.1, 0.15) is 13.3 Å². The van der Waals surface area contributed by atoms with Crippen molar-refractivity contribution in [3.8, 4) is 0 Å². The van der Waals surface area contributed by atoms with E-state index in [-0.39, 0.29) is 0 Å². The fraction of sp³-hybridized carbons (Fsp3) is 0.667. The van der Waals surface area contributed by atoms with Crippen LogP contribution >= 0.6 is 0 Å². The van der Waals surface area contributed by atoms with Crippen molar-refractivity contribution in [2.24, 2.45) is 10.8 Å². The van der Waals surface area contributed by atoms with Crippen LogP contribution in [0.25, 0.3) is 0 Å². The molecule has 0 bridgehead atoms. The van der Waals surface area contributed by atoms with Crippen molar-refractivity contribution >= 4 is 11.6 Å². The molecule has 1 aliphatic heterocycles. The summed E-state index contributed by atoms with van der Waals surface area (Å²) >= 11 is 0. The molecule has 0 aromatic carbocycles. The molecule has 7 nitrogen and oxygen atoms in total. The number of hydrazone groups is 1. The first kappa shape index (κ1) is 9.43. The number of nitrogens with zero attached hydrogens (tertiary/aromatic N) is 2. The van der Waals surface area contributed by atoms with E-state index in [9.17, 15) is 14.9 Å². The van der Waals surface area contributed by atoms with Crippen molar-refractivity contribution in [3.05, 3.63) is 10.1 Å². The molecule has 72 valence electrons. The van der Waals surface area contributed by atoms with Gasteiger partial charge in [0.2, 0.25) is 5.91 Å². The fourth-order valence-electron chi connectivity index (χ4n) is 1.23. The van der Waals surface area contributed by atoms with E-state index >= 15 is 0 Å². The normalized spacial score (nSPS) is 26.4. The first-order valence-electron chi connectivity index (χ1n) is 3.82. The molecule has 1 amide bonds. The molecule has 0 radical (unpaired) electrons. The molecular weight excluding hydrogens is 176 g/mol. The average molecular weight is 186 g/mol. The van der Waals surface area contributed by atoms with Crippen LogP contribution < -0.4 is 11.2 Å². The second-order valence-electron chi connectivity index (χ2n) is 2.70. The van der Waals surface area contributed by atoms with Crippen molar-refractivity contribution in [1.82, 2.24) is 5.43 Å². The lowest BCUT2D eigenvalue weighted by Gasteiger charge is -2.09. The van der Waals surface area contributed by atoms with Crippen LogP contribution in [0.4, 0.5) is 0 Å². The number of hydrogen-bond acceptors (Lipinski definition) is 5. The largest absolute Gasteiger partial charge is 0.368 e. The van der Waals surface area contributed by atoms with E-state index in [4.69, 9.17) is 5.73 Å². The van der Waals surface area contributed by atoms with Crippen LogP contribution in [-0.4, -0.2) is 28.6 Å². The molecule has 2 atom stereocenters. The van der Waals surface area contributed by atoms with E-state index < -0.39 is 22.9 Å². The average Bonchev–Trinajstić information content (AvgIpc) is 2.46. The summed E-state index contributed by atoms with van der Waals surface area (Å²) in [5.74, 6) is -0.756. The molecule has 3 N–H and O–H groups in total. The number of carbonyl (C=O) groups excluding carboxylic acids is 1. The van der Waals surface area contributed by atoms with Gasteiger partial charge in [-0.1, -0.05) is 6.92 Å². The smallest absolute Gasteiger partial charge is 0.282 e. The number of nitrogens with one attached hydrogen (secondary N) is 1. The van der Waals surface area contributed by atoms with Gasteiger partial charge < -0.3 is 5.73 Å². The highest BCUT2D eigenvalue weighted by Crippen LogP contribution is 2.10. The summed E-state index contributed by atoms with van der Waals surface area (Å²) in [5.41, 5.74) is 7.68. The van der Waals surface area contributed by atoms with Crippen molar-refractivity contribution in [3.63, 3.8) is 0 Å². The van der Waals surface area contributed by atoms with Gasteiger partial charge in [0.15, 0.2) is 6.04 Å². The van der Waals surface area contributed by atoms with Crippen molar-refractivity contribution in [1.29, 1.82) is 0 Å². The quantitative estimate of drug-likeness (QED) is 0.428. The SMILES string of the molecule is CCC1=NNC(C(N)=O)C1[N+](=O)[O-]. The van der Waals surface area contributed by atoms with Gasteiger partial charge in [0.25, 0.3) is 6.04 Å². The zero-order valence-corrected chi connectivity index (χ0v) is 7.06. The Kier molecular flexibility index (Phi) is 2.45. The number of amides is 1. The Morgan fingerprint density at radius 1 is 1.85 bits per heavy atom. The zero-order valence-electron chi connectivity index (χ0n) is 7.06. The predicted octanol–water partition coefficient (Wildman–Crippen LogP) is -1.15. The van der Waals surface area contributed by atoms with Crippen LogP contribution in [0, 0.1) is 10.1 Å². The summed E-state index contributed by atoms with van der Waals surface area (Å²) < 4.78 is 0. The Morgan fingerprint density at radius 2 is 2.46 bits per heavy atom. The summed E-state index contributed by atoms with van der Waals surface area (Å²) in [4.78, 5) is 20.8. The Balaban J connectivity index is 2.86. The second-order valence-corrected chi connectivity index (χ2v) is 2.70. The maximum Gasteiger partial charge on any atom is 0.282 e. The number of primary amides is 1. The van der Waals surface area contributed by atoms with Crippen LogP contribution in [0.15, 0.2) is 5.10 Å². The lowest BCUT2D eigenvalue weighted by Crippen LogP contribution is -2.49. The highest BCUT2D eigenvalue weighted by molar-refractivity contribution is 5.97. The monoisotopic (exact) mass is 186 g/mol. The van der Waals surface area contributed by atoms with Gasteiger partial charge in [-0.05, 0) is 6.42 Å². The Bertz CT molecular complexity index is 275. The van der Waals surface area contributed by atoms with Gasteiger partial charge in [-0.2, -0.15) is 5.10 Å². The Labute approximate surface area is 74.1 Å². The molecule has 1 aliphatic rings. The van der Waals surface area contributed by atoms with E-state index in [0.29, 0.717) is 12.1 Å². The standard InChI is InChI=1S/C6H10N4O3/c1-2-3-5(10(12)13)4(6(7)11)9-8-3/h4-5,9H,2H2,1H3,(H2,7,11). The molecule has 1 rings (SSSR count). The lowest BCUT2D eigenvalue weighted by molar-refractivity contribution is -0.503. The highest BCUT2D eigenvalue weighted by Gasteiger charge is 2.43. The number of rotatable bonds is 3. The molecule has 0 aromatic rings. The van der Waals surface area contributed by atoms with Gasteiger partial charge in [-0.3, -0.25) is 20.3 Å². The second kappa shape index (κ2) is 3.38. The number of hydrogen-bond donors (Lipinski definition) is 2. The zero-order chi connectivity index (χ0) is 10.0. The van der Waals surface area contributed by atoms with Gasteiger partial charge in [0.05, 0.1) is 0 Å². The van der Waals surface area contributed by atoms with Crippen LogP contribution in [0.3, 0.4) is 0 Å². The molecule has 0 saturated carbocycles. The van der Waals surface area contributed by atoms with Gasteiger partial charge >= 0.3 is 0 Å². The van der Waals surface area contributed by atoms with E-state index in [1.807, 2.05) is 0 Å². The summed E-state index contributed by atoms with van der Waals surface area (Å²) in [5, 5.41) is 14.2. The predicted molar refractivity (Wildman–Crippen MR) is 44.6 cm³/mol. The van der Waals surface area contributed by atoms with Gasteiger partial charge in [-0.25, -0.2) is 0 Å². The highest BCUT2D eigenvalue weighted by atomic mass is 16.6. The first-order valence-corrected chi connectivity index (χ1v) is 3.82. The van der Waals surface area contributed by atoms with Gasteiger partial charge in [0, 0.05) is 4.92 Å². The molecule has 0 aromatic heterocycles. The maximum atomic E-state index is 10.8. The third-order valence-electron chi connectivity index (χ3n) is 1.90. The molecule has 0 saturated heterocycles. The third kappa shape index (κ3) is 1.58. The number of carbonyl (C=O) groups is 1. The van der Waals surface area contributed by atoms with E-state index in [2.05, 4.69) is 10.5 Å². The van der Waals surface area contributed by atoms with Crippen LogP contribution in [-0.2, 0) is 4.79 Å². The van der Waals surface area contributed by atoms with E-state index in [1.54, 1.807) is 6.92 Å². The van der Waals surface area contributed by atoms with E-state index in [1.165, 1.54) is 0 Å². The molecule has 7 heteroatoms. The Morgan fingerprint density at radius 3 is 2.85 bits per heavy atom. The summed E-state index contributed by atoms with van der Waals surface area (Å²) in [6, 6.07) is -2.12. The number of nitrogens with two attached hydrogens (primary N) is 1. The van der Waals surface area contributed by atoms with Crippen molar-refractivity contribution in [2.75, 3.05) is 0 Å². The maximum absolute atomic E-state index is 10.8. The molecule has 0 fully saturated rings. The summed E-state index contributed by atoms with van der Waals surface area (Å²) in [6.07, 6.45) is 0.433. The number of nitro groups is 1. The molecule has 0 aliphatic carbocycles.